The number of morpholine rings is 1. The second-order valence-electron chi connectivity index (χ2n) is 6.82. The Morgan fingerprint density at radius 1 is 1.31 bits per heavy atom. The number of likely N-dealkylation sites (N-methyl/N-ethyl adjacent to an activating group) is 1. The number of carbonyl (C=O) groups excluding carboxylic acids is 1. The highest BCUT2D eigenvalue weighted by Crippen LogP contribution is 2.38. The summed E-state index contributed by atoms with van der Waals surface area (Å²) < 4.78 is 5.38. The summed E-state index contributed by atoms with van der Waals surface area (Å²) in [6.07, 6.45) is 2.17. The minimum Gasteiger partial charge on any atom is -0.379 e. The third-order valence-corrected chi connectivity index (χ3v) is 5.48. The van der Waals surface area contributed by atoms with Crippen LogP contribution in [0.25, 0.3) is 0 Å². The number of hydrogen-bond donors (Lipinski definition) is 0. The molecular weight excluding hydrogens is 334 g/mol. The Bertz CT molecular complexity index is 625. The average molecular weight is 363 g/mol. The van der Waals surface area contributed by atoms with Gasteiger partial charge in [-0.1, -0.05) is 13.8 Å². The standard InChI is InChI=1S/C19H29N3O4/c1-4-19(5-2,15-23)17-14-16(22(24)25)6-7-18(17)20(3)8-9-21-10-12-26-13-11-21/h6-7,14-15H,4-5,8-13H2,1-3H3. The summed E-state index contributed by atoms with van der Waals surface area (Å²) in [5, 5.41) is 11.2. The minimum absolute atomic E-state index is 0.0263. The van der Waals surface area contributed by atoms with Crippen molar-refractivity contribution in [2.24, 2.45) is 0 Å². The van der Waals surface area contributed by atoms with Crippen LogP contribution in [0.5, 0.6) is 0 Å². The van der Waals surface area contributed by atoms with E-state index in [1.54, 1.807) is 12.1 Å². The van der Waals surface area contributed by atoms with Crippen molar-refractivity contribution in [3.05, 3.63) is 33.9 Å². The van der Waals surface area contributed by atoms with Gasteiger partial charge in [0.2, 0.25) is 0 Å². The number of nitro benzene ring substituents is 1. The van der Waals surface area contributed by atoms with Crippen molar-refractivity contribution in [1.82, 2.24) is 4.90 Å². The van der Waals surface area contributed by atoms with Crippen LogP contribution in [-0.4, -0.2) is 62.5 Å². The summed E-state index contributed by atoms with van der Waals surface area (Å²) in [7, 11) is 1.98. The molecule has 0 bridgehead atoms. The van der Waals surface area contributed by atoms with Crippen LogP contribution in [-0.2, 0) is 14.9 Å². The number of benzene rings is 1. The van der Waals surface area contributed by atoms with Gasteiger partial charge in [0.05, 0.1) is 23.6 Å². The molecule has 1 aromatic carbocycles. The molecule has 26 heavy (non-hydrogen) atoms. The Morgan fingerprint density at radius 3 is 2.50 bits per heavy atom. The number of ether oxygens (including phenoxy) is 1. The molecule has 0 aliphatic carbocycles. The SMILES string of the molecule is CCC(C=O)(CC)c1cc([N+](=O)[O-])ccc1N(C)CCN1CCOCC1. The Labute approximate surface area is 155 Å². The van der Waals surface area contributed by atoms with Crippen LogP contribution in [0.2, 0.25) is 0 Å². The number of nitrogens with zero attached hydrogens (tertiary/aromatic N) is 3. The van der Waals surface area contributed by atoms with Gasteiger partial charge in [0.1, 0.15) is 6.29 Å². The highest BCUT2D eigenvalue weighted by molar-refractivity contribution is 5.75. The van der Waals surface area contributed by atoms with Crippen molar-refractivity contribution in [3.63, 3.8) is 0 Å². The van der Waals surface area contributed by atoms with Gasteiger partial charge in [0.25, 0.3) is 5.69 Å². The lowest BCUT2D eigenvalue weighted by Crippen LogP contribution is -2.41. The fourth-order valence-electron chi connectivity index (χ4n) is 3.47. The summed E-state index contributed by atoms with van der Waals surface area (Å²) in [5.74, 6) is 0. The van der Waals surface area contributed by atoms with Gasteiger partial charge in [0, 0.05) is 51.0 Å². The quantitative estimate of drug-likeness (QED) is 0.381. The predicted octanol–water partition coefficient (Wildman–Crippen LogP) is 2.62. The lowest BCUT2D eigenvalue weighted by atomic mass is 9.76. The summed E-state index contributed by atoms with van der Waals surface area (Å²) in [6.45, 7) is 8.93. The molecule has 144 valence electrons. The number of anilines is 1. The molecule has 0 radical (unpaired) electrons. The molecule has 2 rings (SSSR count). The number of nitro groups is 1. The lowest BCUT2D eigenvalue weighted by molar-refractivity contribution is -0.384. The van der Waals surface area contributed by atoms with E-state index >= 15 is 0 Å². The van der Waals surface area contributed by atoms with Gasteiger partial charge >= 0.3 is 0 Å². The van der Waals surface area contributed by atoms with Crippen molar-refractivity contribution in [1.29, 1.82) is 0 Å². The topological polar surface area (TPSA) is 75.9 Å². The molecule has 7 nitrogen and oxygen atoms in total. The molecule has 1 aliphatic rings. The number of rotatable bonds is 9. The monoisotopic (exact) mass is 363 g/mol. The van der Waals surface area contributed by atoms with Crippen molar-refractivity contribution < 1.29 is 14.5 Å². The molecule has 0 atom stereocenters. The van der Waals surface area contributed by atoms with Gasteiger partial charge in [-0.05, 0) is 24.5 Å². The summed E-state index contributed by atoms with van der Waals surface area (Å²) in [5.41, 5.74) is 0.962. The van der Waals surface area contributed by atoms with E-state index in [9.17, 15) is 14.9 Å². The van der Waals surface area contributed by atoms with Gasteiger partial charge in [0.15, 0.2) is 0 Å². The normalized spacial score (nSPS) is 15.7. The van der Waals surface area contributed by atoms with Gasteiger partial charge in [-0.3, -0.25) is 15.0 Å². The van der Waals surface area contributed by atoms with Crippen molar-refractivity contribution >= 4 is 17.7 Å². The van der Waals surface area contributed by atoms with Crippen LogP contribution in [0, 0.1) is 10.1 Å². The van der Waals surface area contributed by atoms with Crippen molar-refractivity contribution in [3.8, 4) is 0 Å². The first kappa shape index (κ1) is 20.3. The van der Waals surface area contributed by atoms with Crippen LogP contribution in [0.4, 0.5) is 11.4 Å². The van der Waals surface area contributed by atoms with E-state index in [0.29, 0.717) is 12.8 Å². The molecule has 0 aromatic heterocycles. The van der Waals surface area contributed by atoms with Gasteiger partial charge < -0.3 is 14.4 Å². The number of aldehydes is 1. The maximum absolute atomic E-state index is 11.9. The highest BCUT2D eigenvalue weighted by Gasteiger charge is 2.33. The molecule has 1 fully saturated rings. The van der Waals surface area contributed by atoms with Crippen molar-refractivity contribution in [2.45, 2.75) is 32.1 Å². The first-order chi connectivity index (χ1) is 12.5. The zero-order chi connectivity index (χ0) is 19.2. The third-order valence-electron chi connectivity index (χ3n) is 5.48. The second-order valence-corrected chi connectivity index (χ2v) is 6.82. The first-order valence-corrected chi connectivity index (χ1v) is 9.24. The van der Waals surface area contributed by atoms with Crippen LogP contribution in [0.3, 0.4) is 0 Å². The molecule has 7 heteroatoms. The second kappa shape index (κ2) is 9.09. The summed E-state index contributed by atoms with van der Waals surface area (Å²) >= 11 is 0. The largest absolute Gasteiger partial charge is 0.379 e. The van der Waals surface area contributed by atoms with Crippen LogP contribution in [0.1, 0.15) is 32.3 Å². The highest BCUT2D eigenvalue weighted by atomic mass is 16.6. The minimum atomic E-state index is -0.700. The zero-order valence-electron chi connectivity index (χ0n) is 15.9. The van der Waals surface area contributed by atoms with Gasteiger partial charge in [-0.2, -0.15) is 0 Å². The summed E-state index contributed by atoms with van der Waals surface area (Å²) in [4.78, 5) is 27.2. The van der Waals surface area contributed by atoms with Crippen LogP contribution in [0.15, 0.2) is 18.2 Å². The predicted molar refractivity (Wildman–Crippen MR) is 102 cm³/mol. The van der Waals surface area contributed by atoms with Crippen LogP contribution < -0.4 is 4.90 Å². The van der Waals surface area contributed by atoms with E-state index in [1.807, 2.05) is 20.9 Å². The molecule has 0 amide bonds. The Kier molecular flexibility index (Phi) is 7.11. The number of non-ortho nitro benzene ring substituents is 1. The molecule has 0 spiro atoms. The molecule has 1 saturated heterocycles. The van der Waals surface area contributed by atoms with E-state index in [0.717, 1.165) is 56.9 Å². The van der Waals surface area contributed by atoms with E-state index < -0.39 is 10.3 Å². The van der Waals surface area contributed by atoms with Gasteiger partial charge in [-0.25, -0.2) is 0 Å². The smallest absolute Gasteiger partial charge is 0.269 e. The lowest BCUT2D eigenvalue weighted by Gasteiger charge is -2.33. The molecule has 0 saturated carbocycles. The molecule has 1 aliphatic heterocycles. The van der Waals surface area contributed by atoms with E-state index in [-0.39, 0.29) is 5.69 Å². The molecule has 0 unspecified atom stereocenters. The van der Waals surface area contributed by atoms with E-state index in [4.69, 9.17) is 4.74 Å². The fraction of sp³-hybridized carbons (Fsp3) is 0.632. The molecule has 1 heterocycles. The number of hydrogen-bond acceptors (Lipinski definition) is 6. The number of carbonyl (C=O) groups is 1. The fourth-order valence-corrected chi connectivity index (χ4v) is 3.47. The zero-order valence-corrected chi connectivity index (χ0v) is 15.9. The van der Waals surface area contributed by atoms with Crippen LogP contribution >= 0.6 is 0 Å². The Morgan fingerprint density at radius 2 is 1.96 bits per heavy atom. The van der Waals surface area contributed by atoms with E-state index in [2.05, 4.69) is 9.80 Å². The Hall–Kier alpha value is -1.99. The Balaban J connectivity index is 2.30. The maximum atomic E-state index is 11.9. The third kappa shape index (κ3) is 4.40. The van der Waals surface area contributed by atoms with E-state index in [1.165, 1.54) is 6.07 Å². The average Bonchev–Trinajstić information content (AvgIpc) is 2.68. The molecule has 1 aromatic rings. The molecule has 0 N–H and O–H groups in total. The molecular formula is C19H29N3O4. The first-order valence-electron chi connectivity index (χ1n) is 9.24. The van der Waals surface area contributed by atoms with Gasteiger partial charge in [-0.15, -0.1) is 0 Å². The summed E-state index contributed by atoms with van der Waals surface area (Å²) in [6, 6.07) is 4.86. The van der Waals surface area contributed by atoms with Crippen molar-refractivity contribution in [2.75, 3.05) is 51.3 Å². The maximum Gasteiger partial charge on any atom is 0.269 e.